The van der Waals surface area contributed by atoms with Crippen LogP contribution in [-0.4, -0.2) is 46.1 Å². The lowest BCUT2D eigenvalue weighted by atomic mass is 9.96. The van der Waals surface area contributed by atoms with Crippen molar-refractivity contribution in [1.29, 1.82) is 0 Å². The first-order chi connectivity index (χ1) is 14.2. The van der Waals surface area contributed by atoms with Gasteiger partial charge in [-0.2, -0.15) is 4.98 Å². The van der Waals surface area contributed by atoms with E-state index in [-0.39, 0.29) is 11.8 Å². The van der Waals surface area contributed by atoms with Crippen LogP contribution in [0.4, 0.5) is 11.5 Å². The molecule has 1 amide bonds. The number of nitrogens with one attached hydrogen (secondary N) is 1. The van der Waals surface area contributed by atoms with Crippen molar-refractivity contribution in [2.24, 2.45) is 0 Å². The zero-order valence-corrected chi connectivity index (χ0v) is 16.5. The monoisotopic (exact) mass is 393 g/mol. The van der Waals surface area contributed by atoms with Crippen molar-refractivity contribution >= 4 is 17.4 Å². The molecule has 0 spiro atoms. The highest BCUT2D eigenvalue weighted by molar-refractivity contribution is 5.99. The average Bonchev–Trinajstić information content (AvgIpc) is 3.20. The molecule has 1 saturated heterocycles. The van der Waals surface area contributed by atoms with E-state index in [1.54, 1.807) is 25.4 Å². The number of para-hydroxylation sites is 2. The lowest BCUT2D eigenvalue weighted by Crippen LogP contribution is -2.38. The fraction of sp³-hybridized carbons (Fsp3) is 0.333. The fourth-order valence-electron chi connectivity index (χ4n) is 3.53. The Morgan fingerprint density at radius 1 is 1.21 bits per heavy atom. The standard InChI is InChI=1S/C21H23N5O3/c1-14-23-20(29-25-14)15-9-12-26(13-10-15)21(27)16-6-5-11-22-19(16)24-17-7-3-4-8-18(17)28-2/h3-8,11,15H,9-10,12-13H2,1-2H3,(H,22,24). The van der Waals surface area contributed by atoms with Gasteiger partial charge in [-0.05, 0) is 44.0 Å². The summed E-state index contributed by atoms with van der Waals surface area (Å²) in [4.78, 5) is 23.7. The van der Waals surface area contributed by atoms with Gasteiger partial charge in [0, 0.05) is 25.2 Å². The number of likely N-dealkylation sites (tertiary alicyclic amines) is 1. The second-order valence-electron chi connectivity index (χ2n) is 6.97. The van der Waals surface area contributed by atoms with Gasteiger partial charge in [-0.25, -0.2) is 4.98 Å². The van der Waals surface area contributed by atoms with Crippen molar-refractivity contribution in [1.82, 2.24) is 20.0 Å². The number of benzene rings is 1. The smallest absolute Gasteiger partial charge is 0.257 e. The van der Waals surface area contributed by atoms with Gasteiger partial charge in [0.1, 0.15) is 11.6 Å². The summed E-state index contributed by atoms with van der Waals surface area (Å²) in [6.45, 7) is 3.08. The van der Waals surface area contributed by atoms with Crippen molar-refractivity contribution < 1.29 is 14.1 Å². The Labute approximate surface area is 168 Å². The fourth-order valence-corrected chi connectivity index (χ4v) is 3.53. The van der Waals surface area contributed by atoms with E-state index in [0.717, 1.165) is 18.5 Å². The van der Waals surface area contributed by atoms with Gasteiger partial charge in [-0.1, -0.05) is 17.3 Å². The molecular weight excluding hydrogens is 370 g/mol. The number of anilines is 2. The molecule has 0 saturated carbocycles. The minimum atomic E-state index is -0.0457. The molecule has 1 fully saturated rings. The van der Waals surface area contributed by atoms with Gasteiger partial charge in [0.25, 0.3) is 5.91 Å². The van der Waals surface area contributed by atoms with Crippen LogP contribution in [0, 0.1) is 6.92 Å². The van der Waals surface area contributed by atoms with Gasteiger partial charge in [-0.3, -0.25) is 4.79 Å². The number of ether oxygens (including phenoxy) is 1. The molecule has 3 aromatic rings. The van der Waals surface area contributed by atoms with Crippen molar-refractivity contribution in [2.75, 3.05) is 25.5 Å². The number of nitrogens with zero attached hydrogens (tertiary/aromatic N) is 4. The first kappa shape index (κ1) is 18.9. The highest BCUT2D eigenvalue weighted by atomic mass is 16.5. The quantitative estimate of drug-likeness (QED) is 0.708. The zero-order valence-electron chi connectivity index (χ0n) is 16.5. The lowest BCUT2D eigenvalue weighted by Gasteiger charge is -2.30. The van der Waals surface area contributed by atoms with Crippen molar-refractivity contribution in [3.8, 4) is 5.75 Å². The van der Waals surface area contributed by atoms with Crippen LogP contribution in [0.5, 0.6) is 5.75 Å². The third kappa shape index (κ3) is 4.06. The van der Waals surface area contributed by atoms with E-state index in [1.807, 2.05) is 36.1 Å². The van der Waals surface area contributed by atoms with Crippen LogP contribution >= 0.6 is 0 Å². The maximum atomic E-state index is 13.2. The minimum absolute atomic E-state index is 0.0457. The molecule has 8 nitrogen and oxygen atoms in total. The maximum absolute atomic E-state index is 13.2. The molecule has 1 aromatic carbocycles. The summed E-state index contributed by atoms with van der Waals surface area (Å²) < 4.78 is 10.7. The number of carbonyl (C=O) groups excluding carboxylic acids is 1. The van der Waals surface area contributed by atoms with Crippen molar-refractivity contribution in [3.05, 3.63) is 59.9 Å². The highest BCUT2D eigenvalue weighted by Crippen LogP contribution is 2.30. The number of methoxy groups -OCH3 is 1. The second-order valence-corrected chi connectivity index (χ2v) is 6.97. The third-order valence-electron chi connectivity index (χ3n) is 5.07. The Kier molecular flexibility index (Phi) is 5.41. The SMILES string of the molecule is COc1ccccc1Nc1ncccc1C(=O)N1CCC(c2nc(C)no2)CC1. The predicted octanol–water partition coefficient (Wildman–Crippen LogP) is 3.55. The number of hydrogen-bond acceptors (Lipinski definition) is 7. The largest absolute Gasteiger partial charge is 0.495 e. The Hall–Kier alpha value is -3.42. The van der Waals surface area contributed by atoms with Gasteiger partial charge in [0.2, 0.25) is 5.89 Å². The molecule has 29 heavy (non-hydrogen) atoms. The number of piperidine rings is 1. The molecule has 1 N–H and O–H groups in total. The molecule has 2 aromatic heterocycles. The molecule has 0 unspecified atom stereocenters. The van der Waals surface area contributed by atoms with Crippen LogP contribution in [0.25, 0.3) is 0 Å². The lowest BCUT2D eigenvalue weighted by molar-refractivity contribution is 0.0705. The molecular formula is C21H23N5O3. The van der Waals surface area contributed by atoms with E-state index in [1.165, 1.54) is 0 Å². The number of carbonyl (C=O) groups is 1. The summed E-state index contributed by atoms with van der Waals surface area (Å²) in [6.07, 6.45) is 3.25. The minimum Gasteiger partial charge on any atom is -0.495 e. The van der Waals surface area contributed by atoms with Crippen LogP contribution in [-0.2, 0) is 0 Å². The van der Waals surface area contributed by atoms with Crippen LogP contribution in [0.1, 0.15) is 40.8 Å². The molecule has 1 aliphatic rings. The van der Waals surface area contributed by atoms with E-state index >= 15 is 0 Å². The summed E-state index contributed by atoms with van der Waals surface area (Å²) in [7, 11) is 1.61. The van der Waals surface area contributed by atoms with Gasteiger partial charge in [-0.15, -0.1) is 0 Å². The number of aromatic nitrogens is 3. The van der Waals surface area contributed by atoms with Gasteiger partial charge < -0.3 is 19.5 Å². The average molecular weight is 393 g/mol. The third-order valence-corrected chi connectivity index (χ3v) is 5.07. The molecule has 1 aliphatic heterocycles. The summed E-state index contributed by atoms with van der Waals surface area (Å²) in [5, 5.41) is 7.10. The van der Waals surface area contributed by atoms with E-state index < -0.39 is 0 Å². The van der Waals surface area contributed by atoms with Crippen molar-refractivity contribution in [2.45, 2.75) is 25.7 Å². The summed E-state index contributed by atoms with van der Waals surface area (Å²) in [6, 6.07) is 11.1. The first-order valence-electron chi connectivity index (χ1n) is 9.60. The highest BCUT2D eigenvalue weighted by Gasteiger charge is 2.29. The molecule has 0 aliphatic carbocycles. The Morgan fingerprint density at radius 2 is 2.00 bits per heavy atom. The molecule has 3 heterocycles. The summed E-state index contributed by atoms with van der Waals surface area (Å²) in [5.41, 5.74) is 1.29. The predicted molar refractivity (Wildman–Crippen MR) is 107 cm³/mol. The molecule has 150 valence electrons. The Morgan fingerprint density at radius 3 is 2.72 bits per heavy atom. The normalized spacial score (nSPS) is 14.6. The molecule has 8 heteroatoms. The number of pyridine rings is 1. The number of amides is 1. The van der Waals surface area contributed by atoms with Gasteiger partial charge in [0.05, 0.1) is 18.4 Å². The van der Waals surface area contributed by atoms with Crippen LogP contribution in [0.3, 0.4) is 0 Å². The first-order valence-corrected chi connectivity index (χ1v) is 9.60. The molecule has 4 rings (SSSR count). The van der Waals surface area contributed by atoms with Crippen LogP contribution in [0.15, 0.2) is 47.1 Å². The Bertz CT molecular complexity index is 995. The van der Waals surface area contributed by atoms with Crippen molar-refractivity contribution in [3.63, 3.8) is 0 Å². The summed E-state index contributed by atoms with van der Waals surface area (Å²) >= 11 is 0. The number of aryl methyl sites for hydroxylation is 1. The zero-order chi connectivity index (χ0) is 20.2. The molecule has 0 bridgehead atoms. The Balaban J connectivity index is 1.48. The van der Waals surface area contributed by atoms with E-state index in [4.69, 9.17) is 9.26 Å². The van der Waals surface area contributed by atoms with E-state index in [0.29, 0.717) is 41.9 Å². The topological polar surface area (TPSA) is 93.4 Å². The number of hydrogen-bond donors (Lipinski definition) is 1. The van der Waals surface area contributed by atoms with Crippen LogP contribution in [0.2, 0.25) is 0 Å². The molecule has 0 radical (unpaired) electrons. The maximum Gasteiger partial charge on any atom is 0.257 e. The van der Waals surface area contributed by atoms with Crippen LogP contribution < -0.4 is 10.1 Å². The molecule has 0 atom stereocenters. The van der Waals surface area contributed by atoms with Gasteiger partial charge in [0.15, 0.2) is 5.82 Å². The second kappa shape index (κ2) is 8.30. The van der Waals surface area contributed by atoms with E-state index in [2.05, 4.69) is 20.4 Å². The van der Waals surface area contributed by atoms with E-state index in [9.17, 15) is 4.79 Å². The number of rotatable bonds is 5. The van der Waals surface area contributed by atoms with Gasteiger partial charge >= 0.3 is 0 Å². The summed E-state index contributed by atoms with van der Waals surface area (Å²) in [5.74, 6) is 2.65.